The lowest BCUT2D eigenvalue weighted by Crippen LogP contribution is -2.60. The first-order valence-corrected chi connectivity index (χ1v) is 10.2. The number of amides is 4. The molecule has 8 heteroatoms. The number of benzene rings is 1. The highest BCUT2D eigenvalue weighted by atomic mass is 16.2. The van der Waals surface area contributed by atoms with Crippen molar-refractivity contribution < 1.29 is 19.2 Å². The smallest absolute Gasteiger partial charge is 0.262 e. The summed E-state index contributed by atoms with van der Waals surface area (Å²) in [6.07, 6.45) is 2.66. The van der Waals surface area contributed by atoms with E-state index in [2.05, 4.69) is 15.5 Å². The monoisotopic (exact) mass is 396 g/mol. The van der Waals surface area contributed by atoms with Crippen molar-refractivity contribution in [3.05, 3.63) is 34.9 Å². The molecule has 2 N–H and O–H groups in total. The summed E-state index contributed by atoms with van der Waals surface area (Å²) in [5.41, 5.74) is 1.94. The average molecular weight is 396 g/mol. The van der Waals surface area contributed by atoms with Crippen molar-refractivity contribution in [3.63, 3.8) is 0 Å². The van der Waals surface area contributed by atoms with Crippen LogP contribution < -0.4 is 10.6 Å². The number of fused-ring (bicyclic) bond motifs is 1. The van der Waals surface area contributed by atoms with Crippen LogP contribution in [0.2, 0.25) is 0 Å². The average Bonchev–Trinajstić information content (AvgIpc) is 2.93. The van der Waals surface area contributed by atoms with Crippen LogP contribution in [-0.2, 0) is 16.1 Å². The van der Waals surface area contributed by atoms with E-state index in [1.54, 1.807) is 12.1 Å². The molecule has 3 saturated heterocycles. The summed E-state index contributed by atoms with van der Waals surface area (Å²) in [5, 5.41) is 5.60. The van der Waals surface area contributed by atoms with Crippen LogP contribution in [-0.4, -0.2) is 65.6 Å². The Hall–Kier alpha value is -2.58. The number of carbonyl (C=O) groups is 4. The number of rotatable bonds is 3. The Morgan fingerprint density at radius 1 is 1.10 bits per heavy atom. The summed E-state index contributed by atoms with van der Waals surface area (Å²) in [6.45, 7) is 4.66. The second-order valence-corrected chi connectivity index (χ2v) is 8.70. The summed E-state index contributed by atoms with van der Waals surface area (Å²) >= 11 is 0. The zero-order chi connectivity index (χ0) is 20.2. The quantitative estimate of drug-likeness (QED) is 0.712. The first kappa shape index (κ1) is 18.4. The van der Waals surface area contributed by atoms with Gasteiger partial charge in [0.25, 0.3) is 11.8 Å². The molecule has 0 aromatic heterocycles. The Morgan fingerprint density at radius 3 is 2.66 bits per heavy atom. The van der Waals surface area contributed by atoms with E-state index >= 15 is 0 Å². The third-order valence-electron chi connectivity index (χ3n) is 6.69. The lowest BCUT2D eigenvalue weighted by molar-refractivity contribution is -0.136. The molecule has 5 rings (SSSR count). The molecule has 1 unspecified atom stereocenters. The number of imide groups is 2. The number of nitrogens with one attached hydrogen (secondary N) is 2. The fraction of sp³-hybridized carbons (Fsp3) is 0.524. The molecule has 1 spiro atoms. The number of hydrogen-bond acceptors (Lipinski definition) is 6. The van der Waals surface area contributed by atoms with E-state index in [-0.39, 0.29) is 18.7 Å². The van der Waals surface area contributed by atoms with Gasteiger partial charge in [-0.2, -0.15) is 0 Å². The van der Waals surface area contributed by atoms with Crippen LogP contribution in [0, 0.1) is 5.41 Å². The van der Waals surface area contributed by atoms with Gasteiger partial charge < -0.3 is 5.32 Å². The zero-order valence-electron chi connectivity index (χ0n) is 16.2. The summed E-state index contributed by atoms with van der Waals surface area (Å²) in [7, 11) is 0. The summed E-state index contributed by atoms with van der Waals surface area (Å²) < 4.78 is 0. The third-order valence-corrected chi connectivity index (χ3v) is 6.69. The van der Waals surface area contributed by atoms with Crippen molar-refractivity contribution in [2.24, 2.45) is 5.41 Å². The van der Waals surface area contributed by atoms with Gasteiger partial charge in [-0.25, -0.2) is 0 Å². The van der Waals surface area contributed by atoms with Gasteiger partial charge in [0.1, 0.15) is 6.04 Å². The minimum Gasteiger partial charge on any atom is -0.315 e. The predicted octanol–water partition coefficient (Wildman–Crippen LogP) is 0.273. The second kappa shape index (κ2) is 6.74. The van der Waals surface area contributed by atoms with Gasteiger partial charge in [-0.15, -0.1) is 0 Å². The lowest BCUT2D eigenvalue weighted by Gasteiger charge is -2.49. The molecule has 1 aromatic carbocycles. The molecule has 4 aliphatic rings. The van der Waals surface area contributed by atoms with Gasteiger partial charge in [-0.05, 0) is 37.4 Å². The Morgan fingerprint density at radius 2 is 1.93 bits per heavy atom. The Bertz CT molecular complexity index is 923. The molecule has 0 radical (unpaired) electrons. The van der Waals surface area contributed by atoms with E-state index < -0.39 is 23.8 Å². The van der Waals surface area contributed by atoms with Crippen LogP contribution >= 0.6 is 0 Å². The molecule has 1 atom stereocenters. The van der Waals surface area contributed by atoms with Gasteiger partial charge in [0.05, 0.1) is 11.1 Å². The maximum atomic E-state index is 13.2. The van der Waals surface area contributed by atoms with Gasteiger partial charge >= 0.3 is 0 Å². The maximum absolute atomic E-state index is 13.2. The van der Waals surface area contributed by atoms with E-state index in [1.165, 1.54) is 6.42 Å². The number of nitrogens with zero attached hydrogens (tertiary/aromatic N) is 2. The van der Waals surface area contributed by atoms with E-state index in [0.29, 0.717) is 23.1 Å². The van der Waals surface area contributed by atoms with Gasteiger partial charge in [0.2, 0.25) is 11.8 Å². The molecule has 8 nitrogen and oxygen atoms in total. The van der Waals surface area contributed by atoms with Crippen LogP contribution in [0.15, 0.2) is 18.2 Å². The summed E-state index contributed by atoms with van der Waals surface area (Å²) in [5.74, 6) is -1.81. The molecular weight excluding hydrogens is 372 g/mol. The standard InChI is InChI=1S/C21H24N4O4/c26-16-6-5-15(18(27)23-16)25-19(28)14-4-1-3-13(17(14)20(25)29)9-24-8-2-7-21(12-24)10-22-11-21/h1,3-4,15,22H,2,5-12H2,(H,23,26,27). The van der Waals surface area contributed by atoms with Crippen LogP contribution in [0.5, 0.6) is 0 Å². The van der Waals surface area contributed by atoms with E-state index in [4.69, 9.17) is 0 Å². The number of hydrogen-bond donors (Lipinski definition) is 2. The SMILES string of the molecule is O=C1CCC(N2C(=O)c3cccc(CN4CCCC5(CNC5)C4)c3C2=O)C(=O)N1. The Labute approximate surface area is 168 Å². The molecule has 0 saturated carbocycles. The van der Waals surface area contributed by atoms with Crippen LogP contribution in [0.1, 0.15) is 52.0 Å². The molecule has 0 bridgehead atoms. The van der Waals surface area contributed by atoms with Gasteiger partial charge in [0, 0.05) is 38.0 Å². The number of piperidine rings is 2. The molecule has 1 aromatic rings. The molecule has 4 amide bonds. The maximum Gasteiger partial charge on any atom is 0.262 e. The van der Waals surface area contributed by atoms with Crippen LogP contribution in [0.4, 0.5) is 0 Å². The van der Waals surface area contributed by atoms with Crippen molar-refractivity contribution in [1.82, 2.24) is 20.4 Å². The lowest BCUT2D eigenvalue weighted by atomic mass is 9.75. The van der Waals surface area contributed by atoms with Gasteiger partial charge in [0.15, 0.2) is 0 Å². The molecule has 0 aliphatic carbocycles. The fourth-order valence-corrected chi connectivity index (χ4v) is 5.17. The van der Waals surface area contributed by atoms with Crippen LogP contribution in [0.3, 0.4) is 0 Å². The first-order valence-electron chi connectivity index (χ1n) is 10.2. The largest absolute Gasteiger partial charge is 0.315 e. The van der Waals surface area contributed by atoms with Gasteiger partial charge in [-0.3, -0.25) is 34.3 Å². The number of likely N-dealkylation sites (tertiary alicyclic amines) is 1. The Balaban J connectivity index is 1.40. The van der Waals surface area contributed by atoms with Crippen molar-refractivity contribution in [3.8, 4) is 0 Å². The highest BCUT2D eigenvalue weighted by Crippen LogP contribution is 2.35. The minimum absolute atomic E-state index is 0.126. The van der Waals surface area contributed by atoms with Crippen LogP contribution in [0.25, 0.3) is 0 Å². The molecule has 4 aliphatic heterocycles. The summed E-state index contributed by atoms with van der Waals surface area (Å²) in [6, 6.07) is 4.43. The van der Waals surface area contributed by atoms with E-state index in [9.17, 15) is 19.2 Å². The Kier molecular flexibility index (Phi) is 4.29. The van der Waals surface area contributed by atoms with E-state index in [1.807, 2.05) is 6.07 Å². The second-order valence-electron chi connectivity index (χ2n) is 8.70. The first-order chi connectivity index (χ1) is 14.0. The van der Waals surface area contributed by atoms with Crippen molar-refractivity contribution >= 4 is 23.6 Å². The van der Waals surface area contributed by atoms with Crippen molar-refractivity contribution in [2.75, 3.05) is 26.2 Å². The topological polar surface area (TPSA) is 98.8 Å². The summed E-state index contributed by atoms with van der Waals surface area (Å²) in [4.78, 5) is 53.3. The molecule has 3 fully saturated rings. The van der Waals surface area contributed by atoms with Crippen molar-refractivity contribution in [1.29, 1.82) is 0 Å². The molecule has 152 valence electrons. The third kappa shape index (κ3) is 2.98. The fourth-order valence-electron chi connectivity index (χ4n) is 5.17. The highest BCUT2D eigenvalue weighted by Gasteiger charge is 2.46. The molecule has 4 heterocycles. The van der Waals surface area contributed by atoms with Crippen molar-refractivity contribution in [2.45, 2.75) is 38.3 Å². The predicted molar refractivity (Wildman–Crippen MR) is 103 cm³/mol. The normalized spacial score (nSPS) is 26.5. The van der Waals surface area contributed by atoms with Gasteiger partial charge in [-0.1, -0.05) is 12.1 Å². The zero-order valence-corrected chi connectivity index (χ0v) is 16.2. The molecular formula is C21H24N4O4. The van der Waals surface area contributed by atoms with E-state index in [0.717, 1.165) is 43.1 Å². The minimum atomic E-state index is -0.924. The molecule has 29 heavy (non-hydrogen) atoms. The highest BCUT2D eigenvalue weighted by molar-refractivity contribution is 6.24. The number of carbonyl (C=O) groups excluding carboxylic acids is 4.